The van der Waals surface area contributed by atoms with E-state index in [1.165, 1.54) is 0 Å². The van der Waals surface area contributed by atoms with Gasteiger partial charge < -0.3 is 9.05 Å². The Labute approximate surface area is 132 Å². The summed E-state index contributed by atoms with van der Waals surface area (Å²) in [6, 6.07) is 9.53. The number of hydrogen-bond acceptors (Lipinski definition) is 4. The van der Waals surface area contributed by atoms with Gasteiger partial charge in [0.15, 0.2) is 5.78 Å². The molecule has 4 nitrogen and oxygen atoms in total. The first-order valence-corrected chi connectivity index (χ1v) is 9.39. The van der Waals surface area contributed by atoms with E-state index in [1.54, 1.807) is 19.9 Å². The lowest BCUT2D eigenvalue weighted by molar-refractivity contribution is -0.115. The molecule has 22 heavy (non-hydrogen) atoms. The van der Waals surface area contributed by atoms with Crippen LogP contribution in [-0.4, -0.2) is 19.0 Å². The van der Waals surface area contributed by atoms with E-state index in [1.807, 2.05) is 30.3 Å². The van der Waals surface area contributed by atoms with Gasteiger partial charge in [-0.25, -0.2) is 0 Å². The largest absolute Gasteiger partial charge is 0.342 e. The zero-order valence-electron chi connectivity index (χ0n) is 13.2. The Morgan fingerprint density at radius 3 is 2.27 bits per heavy atom. The Morgan fingerprint density at radius 2 is 1.73 bits per heavy atom. The molecule has 1 aliphatic rings. The van der Waals surface area contributed by atoms with Gasteiger partial charge in [-0.1, -0.05) is 30.3 Å². The first-order valence-electron chi connectivity index (χ1n) is 7.77. The molecule has 1 unspecified atom stereocenters. The van der Waals surface area contributed by atoms with E-state index >= 15 is 0 Å². The van der Waals surface area contributed by atoms with Crippen LogP contribution in [-0.2, 0) is 18.4 Å². The van der Waals surface area contributed by atoms with Crippen LogP contribution in [0.4, 0.5) is 0 Å². The molecule has 5 heteroatoms. The van der Waals surface area contributed by atoms with Gasteiger partial charge in [-0.15, -0.1) is 0 Å². The van der Waals surface area contributed by atoms with Crippen LogP contribution in [0.5, 0.6) is 0 Å². The maximum Gasteiger partial charge on any atom is 0.342 e. The third kappa shape index (κ3) is 3.95. The molecule has 1 aromatic carbocycles. The maximum absolute atomic E-state index is 13.3. The topological polar surface area (TPSA) is 52.6 Å². The lowest BCUT2D eigenvalue weighted by atomic mass is 9.93. The normalized spacial score (nSPS) is 17.2. The molecule has 0 amide bonds. The highest BCUT2D eigenvalue weighted by Gasteiger charge is 2.40. The predicted octanol–water partition coefficient (Wildman–Crippen LogP) is 4.67. The summed E-state index contributed by atoms with van der Waals surface area (Å²) in [5, 5.41) is 0. The fourth-order valence-corrected chi connectivity index (χ4v) is 5.05. The maximum atomic E-state index is 13.3. The van der Waals surface area contributed by atoms with Crippen molar-refractivity contribution >= 4 is 13.4 Å². The highest BCUT2D eigenvalue weighted by atomic mass is 31.2. The molecule has 0 saturated heterocycles. The lowest BCUT2D eigenvalue weighted by Crippen LogP contribution is -2.13. The second kappa shape index (κ2) is 7.87. The molecule has 0 aromatic heterocycles. The Morgan fingerprint density at radius 1 is 1.09 bits per heavy atom. The molecule has 0 saturated carbocycles. The molecule has 0 N–H and O–H groups in total. The van der Waals surface area contributed by atoms with Crippen LogP contribution < -0.4 is 0 Å². The molecule has 0 aliphatic heterocycles. The van der Waals surface area contributed by atoms with E-state index in [0.717, 1.165) is 24.0 Å². The molecule has 1 aromatic rings. The average molecular weight is 322 g/mol. The number of carbonyl (C=O) groups excluding carboxylic acids is 1. The lowest BCUT2D eigenvalue weighted by Gasteiger charge is -2.30. The van der Waals surface area contributed by atoms with Crippen LogP contribution in [0.3, 0.4) is 0 Å². The molecular weight excluding hydrogens is 299 g/mol. The molecular formula is C17H23O4P. The van der Waals surface area contributed by atoms with Gasteiger partial charge in [0.1, 0.15) is 5.66 Å². The smallest absolute Gasteiger partial charge is 0.308 e. The van der Waals surface area contributed by atoms with Crippen molar-refractivity contribution in [3.63, 3.8) is 0 Å². The van der Waals surface area contributed by atoms with Gasteiger partial charge in [-0.3, -0.25) is 9.36 Å². The summed E-state index contributed by atoms with van der Waals surface area (Å²) in [5.41, 5.74) is 1.22. The van der Waals surface area contributed by atoms with Crippen molar-refractivity contribution in [2.24, 2.45) is 0 Å². The van der Waals surface area contributed by atoms with Gasteiger partial charge in [0, 0.05) is 6.42 Å². The standard InChI is InChI=1S/C17H23O4P/c1-3-20-22(19,21-4-2)17(14-9-6-5-7-10-14)15-11-8-12-16(18)13-15/h5-7,9-10,13,17H,3-4,8,11-12H2,1-2H3. The summed E-state index contributed by atoms with van der Waals surface area (Å²) in [6.07, 6.45) is 3.71. The molecule has 120 valence electrons. The second-order valence-electron chi connectivity index (χ2n) is 5.23. The summed E-state index contributed by atoms with van der Waals surface area (Å²) < 4.78 is 24.4. The first-order chi connectivity index (χ1) is 10.6. The second-order valence-corrected chi connectivity index (χ2v) is 7.34. The van der Waals surface area contributed by atoms with Crippen LogP contribution in [0.15, 0.2) is 42.0 Å². The van der Waals surface area contributed by atoms with E-state index in [4.69, 9.17) is 9.05 Å². The molecule has 1 aliphatic carbocycles. The summed E-state index contributed by atoms with van der Waals surface area (Å²) >= 11 is 0. The van der Waals surface area contributed by atoms with Crippen molar-refractivity contribution in [1.82, 2.24) is 0 Å². The molecule has 0 radical (unpaired) electrons. The monoisotopic (exact) mass is 322 g/mol. The zero-order valence-corrected chi connectivity index (χ0v) is 14.1. The third-order valence-corrected chi connectivity index (χ3v) is 6.13. The van der Waals surface area contributed by atoms with Crippen molar-refractivity contribution in [2.45, 2.75) is 38.8 Å². The Hall–Kier alpha value is -1.22. The highest BCUT2D eigenvalue weighted by molar-refractivity contribution is 7.54. The molecule has 0 spiro atoms. The molecule has 0 bridgehead atoms. The SMILES string of the molecule is CCOP(=O)(OCC)C(C1=CC(=O)CCC1)c1ccccc1. The van der Waals surface area contributed by atoms with Gasteiger partial charge in [0.25, 0.3) is 0 Å². The van der Waals surface area contributed by atoms with Crippen molar-refractivity contribution in [2.75, 3.05) is 13.2 Å². The van der Waals surface area contributed by atoms with E-state index in [-0.39, 0.29) is 5.78 Å². The Balaban J connectivity index is 2.49. The minimum atomic E-state index is -3.37. The Kier molecular flexibility index (Phi) is 6.13. The van der Waals surface area contributed by atoms with Gasteiger partial charge in [0.05, 0.1) is 13.2 Å². The minimum absolute atomic E-state index is 0.0849. The van der Waals surface area contributed by atoms with Gasteiger partial charge in [-0.2, -0.15) is 0 Å². The summed E-state index contributed by atoms with van der Waals surface area (Å²) in [7, 11) is -3.37. The number of hydrogen-bond donors (Lipinski definition) is 0. The Bertz CT molecular complexity index is 570. The fourth-order valence-electron chi connectivity index (χ4n) is 2.81. The van der Waals surface area contributed by atoms with Crippen molar-refractivity contribution in [1.29, 1.82) is 0 Å². The molecule has 2 rings (SSSR count). The summed E-state index contributed by atoms with van der Waals surface area (Å²) in [5.74, 6) is 0.0849. The van der Waals surface area contributed by atoms with Crippen LogP contribution in [0.1, 0.15) is 44.3 Å². The number of allylic oxidation sites excluding steroid dienone is 2. The fraction of sp³-hybridized carbons (Fsp3) is 0.471. The van der Waals surface area contributed by atoms with Gasteiger partial charge in [0.2, 0.25) is 0 Å². The highest BCUT2D eigenvalue weighted by Crippen LogP contribution is 2.64. The molecule has 0 fully saturated rings. The third-order valence-electron chi connectivity index (χ3n) is 3.64. The van der Waals surface area contributed by atoms with E-state index < -0.39 is 13.3 Å². The zero-order chi connectivity index (χ0) is 16.0. The minimum Gasteiger partial charge on any atom is -0.308 e. The van der Waals surface area contributed by atoms with E-state index in [9.17, 15) is 9.36 Å². The van der Waals surface area contributed by atoms with Crippen LogP contribution >= 0.6 is 7.60 Å². The number of ketones is 1. The average Bonchev–Trinajstić information content (AvgIpc) is 2.49. The quantitative estimate of drug-likeness (QED) is 0.684. The van der Waals surface area contributed by atoms with Gasteiger partial charge in [-0.05, 0) is 43.9 Å². The predicted molar refractivity (Wildman–Crippen MR) is 87.0 cm³/mol. The van der Waals surface area contributed by atoms with Crippen molar-refractivity contribution in [3.8, 4) is 0 Å². The van der Waals surface area contributed by atoms with Crippen molar-refractivity contribution < 1.29 is 18.4 Å². The van der Waals surface area contributed by atoms with Crippen LogP contribution in [0, 0.1) is 0 Å². The van der Waals surface area contributed by atoms with Gasteiger partial charge >= 0.3 is 7.60 Å². The number of benzene rings is 1. The molecule has 0 heterocycles. The number of carbonyl (C=O) groups is 1. The summed E-state index contributed by atoms with van der Waals surface area (Å²) in [4.78, 5) is 11.8. The number of rotatable bonds is 7. The van der Waals surface area contributed by atoms with E-state index in [0.29, 0.717) is 19.6 Å². The first kappa shape index (κ1) is 17.1. The van der Waals surface area contributed by atoms with E-state index in [2.05, 4.69) is 0 Å². The molecule has 1 atom stereocenters. The van der Waals surface area contributed by atoms with Crippen molar-refractivity contribution in [3.05, 3.63) is 47.5 Å². The van der Waals surface area contributed by atoms with Crippen LogP contribution in [0.25, 0.3) is 0 Å². The van der Waals surface area contributed by atoms with Crippen LogP contribution in [0.2, 0.25) is 0 Å². The summed E-state index contributed by atoms with van der Waals surface area (Å²) in [6.45, 7) is 4.21.